The summed E-state index contributed by atoms with van der Waals surface area (Å²) in [4.78, 5) is 14.4. The van der Waals surface area contributed by atoms with E-state index in [1.807, 2.05) is 4.90 Å². The van der Waals surface area contributed by atoms with Crippen LogP contribution in [0.15, 0.2) is 0 Å². The van der Waals surface area contributed by atoms with Crippen LogP contribution >= 0.6 is 0 Å². The number of methoxy groups -OCH3 is 1. The minimum Gasteiger partial charge on any atom is -0.383 e. The van der Waals surface area contributed by atoms with Crippen molar-refractivity contribution in [3.63, 3.8) is 0 Å². The van der Waals surface area contributed by atoms with Crippen LogP contribution in [0, 0.1) is 11.8 Å². The standard InChI is InChI=1S/C15H32N2O2/c1-6-13(4)17(7-8-19-5)15(18)10-14(11-16)9-12(2)3/h12-14H,6-11,16H2,1-5H3. The fraction of sp³-hybridized carbons (Fsp3) is 0.933. The Morgan fingerprint density at radius 2 is 1.95 bits per heavy atom. The van der Waals surface area contributed by atoms with E-state index in [-0.39, 0.29) is 11.9 Å². The van der Waals surface area contributed by atoms with Gasteiger partial charge in [-0.25, -0.2) is 0 Å². The SMILES string of the molecule is CCC(C)N(CCOC)C(=O)CC(CN)CC(C)C. The van der Waals surface area contributed by atoms with Gasteiger partial charge in [-0.3, -0.25) is 4.79 Å². The largest absolute Gasteiger partial charge is 0.383 e. The summed E-state index contributed by atoms with van der Waals surface area (Å²) in [5.74, 6) is 1.08. The first-order valence-corrected chi connectivity index (χ1v) is 7.44. The van der Waals surface area contributed by atoms with Gasteiger partial charge in [0.15, 0.2) is 0 Å². The van der Waals surface area contributed by atoms with Gasteiger partial charge in [0.25, 0.3) is 0 Å². The maximum Gasteiger partial charge on any atom is 0.223 e. The highest BCUT2D eigenvalue weighted by molar-refractivity contribution is 5.76. The quantitative estimate of drug-likeness (QED) is 0.664. The number of amides is 1. The normalized spacial score (nSPS) is 14.5. The molecule has 0 rings (SSSR count). The first kappa shape index (κ1) is 18.4. The molecule has 2 atom stereocenters. The predicted octanol–water partition coefficient (Wildman–Crippen LogP) is 2.27. The molecule has 0 fully saturated rings. The monoisotopic (exact) mass is 272 g/mol. The Labute approximate surface area is 118 Å². The molecule has 114 valence electrons. The van der Waals surface area contributed by atoms with Crippen LogP contribution in [0.3, 0.4) is 0 Å². The van der Waals surface area contributed by atoms with E-state index in [1.165, 1.54) is 0 Å². The van der Waals surface area contributed by atoms with Crippen molar-refractivity contribution in [2.24, 2.45) is 17.6 Å². The zero-order valence-electron chi connectivity index (χ0n) is 13.3. The smallest absolute Gasteiger partial charge is 0.223 e. The van der Waals surface area contributed by atoms with E-state index in [2.05, 4.69) is 27.7 Å². The number of hydrogen-bond donors (Lipinski definition) is 1. The van der Waals surface area contributed by atoms with Gasteiger partial charge < -0.3 is 15.4 Å². The van der Waals surface area contributed by atoms with Gasteiger partial charge in [0.2, 0.25) is 5.91 Å². The van der Waals surface area contributed by atoms with E-state index in [1.54, 1.807) is 7.11 Å². The highest BCUT2D eigenvalue weighted by Crippen LogP contribution is 2.17. The van der Waals surface area contributed by atoms with Gasteiger partial charge >= 0.3 is 0 Å². The van der Waals surface area contributed by atoms with Gasteiger partial charge in [-0.15, -0.1) is 0 Å². The zero-order valence-corrected chi connectivity index (χ0v) is 13.3. The first-order valence-electron chi connectivity index (χ1n) is 7.44. The molecule has 0 bridgehead atoms. The highest BCUT2D eigenvalue weighted by Gasteiger charge is 2.22. The zero-order chi connectivity index (χ0) is 14.8. The summed E-state index contributed by atoms with van der Waals surface area (Å²) in [6.45, 7) is 10.4. The summed E-state index contributed by atoms with van der Waals surface area (Å²) in [5.41, 5.74) is 5.78. The lowest BCUT2D eigenvalue weighted by Crippen LogP contribution is -2.41. The van der Waals surface area contributed by atoms with E-state index < -0.39 is 0 Å². The summed E-state index contributed by atoms with van der Waals surface area (Å²) >= 11 is 0. The minimum absolute atomic E-state index is 0.211. The number of hydrogen-bond acceptors (Lipinski definition) is 3. The third kappa shape index (κ3) is 7.53. The molecule has 0 aliphatic rings. The Kier molecular flexibility index (Phi) is 9.88. The molecule has 0 saturated heterocycles. The Morgan fingerprint density at radius 1 is 1.32 bits per heavy atom. The molecule has 1 amide bonds. The molecule has 2 unspecified atom stereocenters. The Bertz CT molecular complexity index is 244. The Balaban J connectivity index is 4.51. The van der Waals surface area contributed by atoms with Crippen LogP contribution in [-0.2, 0) is 9.53 Å². The summed E-state index contributed by atoms with van der Waals surface area (Å²) in [5, 5.41) is 0. The molecule has 19 heavy (non-hydrogen) atoms. The molecule has 0 aromatic heterocycles. The number of ether oxygens (including phenoxy) is 1. The molecule has 0 aliphatic heterocycles. The van der Waals surface area contributed by atoms with Gasteiger partial charge in [-0.2, -0.15) is 0 Å². The summed E-state index contributed by atoms with van der Waals surface area (Å²) in [6, 6.07) is 0.264. The van der Waals surface area contributed by atoms with Crippen LogP contribution in [-0.4, -0.2) is 43.7 Å². The topological polar surface area (TPSA) is 55.6 Å². The second-order valence-corrected chi connectivity index (χ2v) is 5.77. The Hall–Kier alpha value is -0.610. The molecule has 0 radical (unpaired) electrons. The molecule has 0 aromatic carbocycles. The second-order valence-electron chi connectivity index (χ2n) is 5.77. The molecule has 2 N–H and O–H groups in total. The maximum atomic E-state index is 12.4. The van der Waals surface area contributed by atoms with Crippen molar-refractivity contribution in [2.45, 2.75) is 53.0 Å². The molecule has 4 nitrogen and oxygen atoms in total. The second kappa shape index (κ2) is 10.2. The van der Waals surface area contributed by atoms with E-state index in [0.717, 1.165) is 12.8 Å². The average Bonchev–Trinajstić information content (AvgIpc) is 2.37. The minimum atomic E-state index is 0.211. The summed E-state index contributed by atoms with van der Waals surface area (Å²) < 4.78 is 5.09. The average molecular weight is 272 g/mol. The Morgan fingerprint density at radius 3 is 2.37 bits per heavy atom. The number of nitrogens with two attached hydrogens (primary N) is 1. The van der Waals surface area contributed by atoms with Crippen LogP contribution in [0.5, 0.6) is 0 Å². The lowest BCUT2D eigenvalue weighted by Gasteiger charge is -2.30. The fourth-order valence-electron chi connectivity index (χ4n) is 2.29. The van der Waals surface area contributed by atoms with Crippen LogP contribution < -0.4 is 5.73 Å². The summed E-state index contributed by atoms with van der Waals surface area (Å²) in [6.07, 6.45) is 2.54. The van der Waals surface area contributed by atoms with E-state index in [0.29, 0.717) is 38.0 Å². The van der Waals surface area contributed by atoms with Crippen LogP contribution in [0.1, 0.15) is 47.0 Å². The molecular formula is C15H32N2O2. The molecular weight excluding hydrogens is 240 g/mol. The maximum absolute atomic E-state index is 12.4. The molecule has 0 saturated carbocycles. The van der Waals surface area contributed by atoms with Crippen molar-refractivity contribution in [3.05, 3.63) is 0 Å². The van der Waals surface area contributed by atoms with Crippen molar-refractivity contribution in [1.29, 1.82) is 0 Å². The number of carbonyl (C=O) groups excluding carboxylic acids is 1. The third-order valence-electron chi connectivity index (χ3n) is 3.58. The lowest BCUT2D eigenvalue weighted by atomic mass is 9.93. The van der Waals surface area contributed by atoms with Crippen molar-refractivity contribution in [1.82, 2.24) is 4.90 Å². The van der Waals surface area contributed by atoms with Gasteiger partial charge in [-0.05, 0) is 38.1 Å². The van der Waals surface area contributed by atoms with Crippen molar-refractivity contribution in [3.8, 4) is 0 Å². The van der Waals surface area contributed by atoms with Gasteiger partial charge in [-0.1, -0.05) is 20.8 Å². The first-order chi connectivity index (χ1) is 8.96. The predicted molar refractivity (Wildman–Crippen MR) is 80.0 cm³/mol. The van der Waals surface area contributed by atoms with Gasteiger partial charge in [0, 0.05) is 26.1 Å². The van der Waals surface area contributed by atoms with Crippen LogP contribution in [0.25, 0.3) is 0 Å². The molecule has 0 spiro atoms. The van der Waals surface area contributed by atoms with E-state index in [4.69, 9.17) is 10.5 Å². The van der Waals surface area contributed by atoms with Crippen LogP contribution in [0.4, 0.5) is 0 Å². The third-order valence-corrected chi connectivity index (χ3v) is 3.58. The van der Waals surface area contributed by atoms with E-state index in [9.17, 15) is 4.79 Å². The number of carbonyl (C=O) groups is 1. The molecule has 4 heteroatoms. The molecule has 0 aromatic rings. The van der Waals surface area contributed by atoms with Crippen molar-refractivity contribution < 1.29 is 9.53 Å². The molecule has 0 aliphatic carbocycles. The van der Waals surface area contributed by atoms with Crippen molar-refractivity contribution in [2.75, 3.05) is 26.8 Å². The van der Waals surface area contributed by atoms with E-state index >= 15 is 0 Å². The van der Waals surface area contributed by atoms with Crippen LogP contribution in [0.2, 0.25) is 0 Å². The molecule has 0 heterocycles. The van der Waals surface area contributed by atoms with Gasteiger partial charge in [0.05, 0.1) is 6.61 Å². The highest BCUT2D eigenvalue weighted by atomic mass is 16.5. The van der Waals surface area contributed by atoms with Gasteiger partial charge in [0.1, 0.15) is 0 Å². The fourth-order valence-corrected chi connectivity index (χ4v) is 2.29. The number of rotatable bonds is 10. The number of nitrogens with zero attached hydrogens (tertiary/aromatic N) is 1. The lowest BCUT2D eigenvalue weighted by molar-refractivity contribution is -0.135. The van der Waals surface area contributed by atoms with Crippen molar-refractivity contribution >= 4 is 5.91 Å². The summed E-state index contributed by atoms with van der Waals surface area (Å²) in [7, 11) is 1.67.